The molecule has 26 heavy (non-hydrogen) atoms. The topological polar surface area (TPSA) is 87.3 Å². The summed E-state index contributed by atoms with van der Waals surface area (Å²) in [4.78, 5) is 12.1. The van der Waals surface area contributed by atoms with Crippen molar-refractivity contribution in [2.75, 3.05) is 24.4 Å². The minimum atomic E-state index is -3.69. The number of benzene rings is 2. The van der Waals surface area contributed by atoms with Crippen LogP contribution < -0.4 is 15.4 Å². The summed E-state index contributed by atoms with van der Waals surface area (Å²) >= 11 is 0. The van der Waals surface area contributed by atoms with E-state index in [4.69, 9.17) is 0 Å². The molecule has 0 aromatic heterocycles. The lowest BCUT2D eigenvalue weighted by molar-refractivity contribution is 0.0954. The summed E-state index contributed by atoms with van der Waals surface area (Å²) in [5, 5.41) is 5.88. The van der Waals surface area contributed by atoms with Gasteiger partial charge in [0.15, 0.2) is 0 Å². The lowest BCUT2D eigenvalue weighted by atomic mass is 10.2. The SMILES string of the molecule is CCNCCNC(=O)c1ccc(S(=O)(=O)Nc2ccccc2C)cc1.Cl. The van der Waals surface area contributed by atoms with Crippen LogP contribution in [0.5, 0.6) is 0 Å². The zero-order chi connectivity index (χ0) is 18.3. The van der Waals surface area contributed by atoms with E-state index in [0.717, 1.165) is 12.1 Å². The fourth-order valence-electron chi connectivity index (χ4n) is 2.22. The number of aryl methyl sites for hydroxylation is 1. The molecule has 1 amide bonds. The van der Waals surface area contributed by atoms with E-state index in [1.807, 2.05) is 26.0 Å². The Morgan fingerprint density at radius 2 is 1.65 bits per heavy atom. The number of nitrogens with one attached hydrogen (secondary N) is 3. The monoisotopic (exact) mass is 397 g/mol. The van der Waals surface area contributed by atoms with Crippen molar-refractivity contribution < 1.29 is 13.2 Å². The molecular formula is C18H24ClN3O3S. The molecule has 0 aliphatic rings. The Balaban J connectivity index is 0.00000338. The van der Waals surface area contributed by atoms with E-state index in [1.54, 1.807) is 12.1 Å². The Morgan fingerprint density at radius 1 is 1.00 bits per heavy atom. The van der Waals surface area contributed by atoms with Gasteiger partial charge in [0, 0.05) is 18.7 Å². The molecule has 0 unspecified atom stereocenters. The van der Waals surface area contributed by atoms with Crippen LogP contribution in [-0.2, 0) is 10.0 Å². The first-order valence-electron chi connectivity index (χ1n) is 8.11. The van der Waals surface area contributed by atoms with Crippen LogP contribution in [-0.4, -0.2) is 34.0 Å². The van der Waals surface area contributed by atoms with Gasteiger partial charge < -0.3 is 10.6 Å². The van der Waals surface area contributed by atoms with Crippen molar-refractivity contribution in [3.63, 3.8) is 0 Å². The van der Waals surface area contributed by atoms with Crippen molar-refractivity contribution in [2.45, 2.75) is 18.7 Å². The van der Waals surface area contributed by atoms with Crippen LogP contribution in [0.1, 0.15) is 22.8 Å². The summed E-state index contributed by atoms with van der Waals surface area (Å²) < 4.78 is 27.5. The Hall–Kier alpha value is -2.09. The molecule has 0 radical (unpaired) electrons. The van der Waals surface area contributed by atoms with Crippen molar-refractivity contribution in [3.8, 4) is 0 Å². The third kappa shape index (κ3) is 6.01. The molecule has 8 heteroatoms. The molecule has 0 saturated carbocycles. The molecule has 0 aliphatic carbocycles. The Kier molecular flexibility index (Phi) is 8.57. The number of hydrogen-bond acceptors (Lipinski definition) is 4. The van der Waals surface area contributed by atoms with Gasteiger partial charge in [0.2, 0.25) is 0 Å². The van der Waals surface area contributed by atoms with Gasteiger partial charge in [-0.2, -0.15) is 0 Å². The first-order chi connectivity index (χ1) is 11.9. The van der Waals surface area contributed by atoms with Crippen LogP contribution in [0.15, 0.2) is 53.4 Å². The average Bonchev–Trinajstić information content (AvgIpc) is 2.60. The van der Waals surface area contributed by atoms with Crippen LogP contribution in [0.4, 0.5) is 5.69 Å². The number of carbonyl (C=O) groups is 1. The highest BCUT2D eigenvalue weighted by molar-refractivity contribution is 7.92. The molecular weight excluding hydrogens is 374 g/mol. The first kappa shape index (κ1) is 22.0. The van der Waals surface area contributed by atoms with E-state index >= 15 is 0 Å². The number of para-hydroxylation sites is 1. The normalized spacial score (nSPS) is 10.7. The second kappa shape index (κ2) is 10.2. The summed E-state index contributed by atoms with van der Waals surface area (Å²) in [7, 11) is -3.69. The van der Waals surface area contributed by atoms with Crippen molar-refractivity contribution in [1.29, 1.82) is 0 Å². The van der Waals surface area contributed by atoms with Gasteiger partial charge in [-0.1, -0.05) is 25.1 Å². The molecule has 0 atom stereocenters. The number of amides is 1. The third-order valence-corrected chi connectivity index (χ3v) is 5.03. The number of anilines is 1. The maximum absolute atomic E-state index is 12.5. The summed E-state index contributed by atoms with van der Waals surface area (Å²) in [6.07, 6.45) is 0. The standard InChI is InChI=1S/C18H23N3O3S.ClH/c1-3-19-12-13-20-18(22)15-8-10-16(11-9-15)25(23,24)21-17-7-5-4-6-14(17)2;/h4-11,19,21H,3,12-13H2,1-2H3,(H,20,22);1H. The number of hydrogen-bond donors (Lipinski definition) is 3. The molecule has 142 valence electrons. The smallest absolute Gasteiger partial charge is 0.261 e. The number of halogens is 1. The fraction of sp³-hybridized carbons (Fsp3) is 0.278. The quantitative estimate of drug-likeness (QED) is 0.597. The molecule has 2 aromatic carbocycles. The number of carbonyl (C=O) groups excluding carboxylic acids is 1. The predicted molar refractivity (Wildman–Crippen MR) is 107 cm³/mol. The van der Waals surface area contributed by atoms with E-state index in [9.17, 15) is 13.2 Å². The van der Waals surface area contributed by atoms with E-state index in [2.05, 4.69) is 15.4 Å². The summed E-state index contributed by atoms with van der Waals surface area (Å²) in [6.45, 7) is 5.87. The van der Waals surface area contributed by atoms with Crippen molar-refractivity contribution in [1.82, 2.24) is 10.6 Å². The van der Waals surface area contributed by atoms with Crippen molar-refractivity contribution in [2.24, 2.45) is 0 Å². The molecule has 0 fully saturated rings. The number of sulfonamides is 1. The molecule has 0 spiro atoms. The molecule has 2 aromatic rings. The van der Waals surface area contributed by atoms with Gasteiger partial charge in [0.05, 0.1) is 10.6 Å². The molecule has 0 aliphatic heterocycles. The molecule has 6 nitrogen and oxygen atoms in total. The minimum absolute atomic E-state index is 0. The van der Waals surface area contributed by atoms with Crippen LogP contribution in [0.2, 0.25) is 0 Å². The second-order valence-electron chi connectivity index (χ2n) is 5.55. The zero-order valence-electron chi connectivity index (χ0n) is 14.8. The highest BCUT2D eigenvalue weighted by Crippen LogP contribution is 2.19. The number of likely N-dealkylation sites (N-methyl/N-ethyl adjacent to an activating group) is 1. The fourth-order valence-corrected chi connectivity index (χ4v) is 3.35. The van der Waals surface area contributed by atoms with E-state index in [0.29, 0.717) is 24.3 Å². The van der Waals surface area contributed by atoms with Crippen LogP contribution >= 0.6 is 12.4 Å². The molecule has 3 N–H and O–H groups in total. The first-order valence-corrected chi connectivity index (χ1v) is 9.60. The Bertz CT molecular complexity index is 824. The van der Waals surface area contributed by atoms with Gasteiger partial charge in [0.25, 0.3) is 15.9 Å². The third-order valence-electron chi connectivity index (χ3n) is 3.65. The van der Waals surface area contributed by atoms with E-state index in [1.165, 1.54) is 24.3 Å². The molecule has 0 heterocycles. The Labute approximate surface area is 160 Å². The Morgan fingerprint density at radius 3 is 2.27 bits per heavy atom. The second-order valence-corrected chi connectivity index (χ2v) is 7.24. The minimum Gasteiger partial charge on any atom is -0.351 e. The van der Waals surface area contributed by atoms with Gasteiger partial charge in [-0.05, 0) is 49.4 Å². The largest absolute Gasteiger partial charge is 0.351 e. The molecule has 0 bridgehead atoms. The number of rotatable bonds is 8. The summed E-state index contributed by atoms with van der Waals surface area (Å²) in [5.74, 6) is -0.228. The van der Waals surface area contributed by atoms with E-state index in [-0.39, 0.29) is 23.2 Å². The van der Waals surface area contributed by atoms with Crippen LogP contribution in [0, 0.1) is 6.92 Å². The van der Waals surface area contributed by atoms with Gasteiger partial charge in [-0.3, -0.25) is 9.52 Å². The molecule has 2 rings (SSSR count). The predicted octanol–water partition coefficient (Wildman–Crippen LogP) is 2.56. The lowest BCUT2D eigenvalue weighted by Gasteiger charge is -2.11. The van der Waals surface area contributed by atoms with Crippen molar-refractivity contribution in [3.05, 3.63) is 59.7 Å². The maximum atomic E-state index is 12.5. The van der Waals surface area contributed by atoms with Gasteiger partial charge in [-0.15, -0.1) is 12.4 Å². The highest BCUT2D eigenvalue weighted by Gasteiger charge is 2.16. The van der Waals surface area contributed by atoms with Gasteiger partial charge >= 0.3 is 0 Å². The zero-order valence-corrected chi connectivity index (χ0v) is 16.4. The van der Waals surface area contributed by atoms with Crippen LogP contribution in [0.25, 0.3) is 0 Å². The van der Waals surface area contributed by atoms with Crippen LogP contribution in [0.3, 0.4) is 0 Å². The highest BCUT2D eigenvalue weighted by atomic mass is 35.5. The van der Waals surface area contributed by atoms with Gasteiger partial charge in [-0.25, -0.2) is 8.42 Å². The van der Waals surface area contributed by atoms with E-state index < -0.39 is 10.0 Å². The summed E-state index contributed by atoms with van der Waals surface area (Å²) in [6, 6.07) is 13.0. The lowest BCUT2D eigenvalue weighted by Crippen LogP contribution is -2.31. The van der Waals surface area contributed by atoms with Crippen molar-refractivity contribution >= 4 is 34.0 Å². The average molecular weight is 398 g/mol. The summed E-state index contributed by atoms with van der Waals surface area (Å²) in [5.41, 5.74) is 1.79. The maximum Gasteiger partial charge on any atom is 0.261 e. The molecule has 0 saturated heterocycles. The van der Waals surface area contributed by atoms with Gasteiger partial charge in [0.1, 0.15) is 0 Å².